The molecule has 2 bridgehead atoms. The molecule has 1 aromatic carbocycles. The molecule has 2 aliphatic rings. The Kier molecular flexibility index (Phi) is 3.26. The number of rotatable bonds is 2. The predicted molar refractivity (Wildman–Crippen MR) is 84.9 cm³/mol. The van der Waals surface area contributed by atoms with Crippen molar-refractivity contribution in [3.63, 3.8) is 0 Å². The van der Waals surface area contributed by atoms with E-state index in [1.54, 1.807) is 0 Å². The number of anilines is 1. The molecule has 6 nitrogen and oxygen atoms in total. The number of amides is 2. The lowest BCUT2D eigenvalue weighted by atomic mass is 9.62. The van der Waals surface area contributed by atoms with Crippen molar-refractivity contribution in [3.05, 3.63) is 24.3 Å². The summed E-state index contributed by atoms with van der Waals surface area (Å²) in [6.07, 6.45) is 1.38. The van der Waals surface area contributed by atoms with Crippen molar-refractivity contribution in [1.82, 2.24) is 0 Å². The van der Waals surface area contributed by atoms with E-state index < -0.39 is 15.4 Å². The minimum atomic E-state index is -3.81. The fourth-order valence-corrected chi connectivity index (χ4v) is 4.36. The lowest BCUT2D eigenvalue weighted by Gasteiger charge is -2.47. The van der Waals surface area contributed by atoms with Crippen molar-refractivity contribution in [2.45, 2.75) is 38.5 Å². The molecule has 1 aliphatic heterocycles. The van der Waals surface area contributed by atoms with Gasteiger partial charge in [-0.25, -0.2) is 18.5 Å². The first-order valence-electron chi connectivity index (χ1n) is 7.51. The number of benzene rings is 1. The van der Waals surface area contributed by atoms with Crippen LogP contribution in [0.15, 0.2) is 29.2 Å². The van der Waals surface area contributed by atoms with E-state index >= 15 is 0 Å². The third-order valence-corrected chi connectivity index (χ3v) is 6.77. The smallest absolute Gasteiger partial charge is 0.240 e. The third-order valence-electron chi connectivity index (χ3n) is 5.84. The molecule has 3 rings (SSSR count). The van der Waals surface area contributed by atoms with E-state index in [4.69, 9.17) is 5.14 Å². The van der Waals surface area contributed by atoms with Gasteiger partial charge >= 0.3 is 0 Å². The van der Waals surface area contributed by atoms with Crippen molar-refractivity contribution in [2.75, 3.05) is 4.90 Å². The van der Waals surface area contributed by atoms with Gasteiger partial charge < -0.3 is 0 Å². The number of hydrogen-bond acceptors (Lipinski definition) is 4. The molecule has 2 atom stereocenters. The monoisotopic (exact) mass is 336 g/mol. The van der Waals surface area contributed by atoms with Gasteiger partial charge in [0.25, 0.3) is 0 Å². The Morgan fingerprint density at radius 2 is 1.70 bits per heavy atom. The highest BCUT2D eigenvalue weighted by atomic mass is 32.2. The topological polar surface area (TPSA) is 97.5 Å². The number of carbonyl (C=O) groups excluding carboxylic acids is 2. The van der Waals surface area contributed by atoms with E-state index in [0.717, 1.165) is 0 Å². The molecule has 1 heterocycles. The first-order valence-corrected chi connectivity index (χ1v) is 9.06. The molecule has 1 saturated heterocycles. The molecule has 1 aromatic rings. The number of sulfonamides is 1. The van der Waals surface area contributed by atoms with Crippen molar-refractivity contribution in [1.29, 1.82) is 0 Å². The average Bonchev–Trinajstić information content (AvgIpc) is 2.63. The van der Waals surface area contributed by atoms with Crippen molar-refractivity contribution < 1.29 is 18.0 Å². The van der Waals surface area contributed by atoms with E-state index in [-0.39, 0.29) is 28.0 Å². The first kappa shape index (κ1) is 16.1. The molecule has 0 aromatic heterocycles. The number of imide groups is 1. The van der Waals surface area contributed by atoms with Crippen molar-refractivity contribution in [2.24, 2.45) is 21.9 Å². The van der Waals surface area contributed by atoms with Gasteiger partial charge in [-0.15, -0.1) is 0 Å². The van der Waals surface area contributed by atoms with E-state index in [1.165, 1.54) is 29.2 Å². The van der Waals surface area contributed by atoms with Crippen LogP contribution in [0.3, 0.4) is 0 Å². The fraction of sp³-hybridized carbons (Fsp3) is 0.500. The second-order valence-electron chi connectivity index (χ2n) is 7.16. The molecule has 0 radical (unpaired) electrons. The lowest BCUT2D eigenvalue weighted by Crippen LogP contribution is -2.59. The van der Waals surface area contributed by atoms with Crippen LogP contribution in [0.5, 0.6) is 0 Å². The summed E-state index contributed by atoms with van der Waals surface area (Å²) in [6.45, 7) is 5.86. The Bertz CT molecular complexity index is 798. The number of fused-ring (bicyclic) bond motifs is 2. The van der Waals surface area contributed by atoms with Crippen LogP contribution in [-0.2, 0) is 19.6 Å². The SMILES string of the molecule is CC1(C)[C@@H]2CC[C@@]1(C)C(=O)N(c1ccc(S(N)(=O)=O)cc1)C2=O. The van der Waals surface area contributed by atoms with Crippen LogP contribution in [0, 0.1) is 16.7 Å². The van der Waals surface area contributed by atoms with Gasteiger partial charge in [0, 0.05) is 5.92 Å². The van der Waals surface area contributed by atoms with Crippen LogP contribution in [-0.4, -0.2) is 20.2 Å². The third kappa shape index (κ3) is 2.06. The highest BCUT2D eigenvalue weighted by Gasteiger charge is 2.64. The maximum Gasteiger partial charge on any atom is 0.240 e. The minimum Gasteiger partial charge on any atom is -0.274 e. The van der Waals surface area contributed by atoms with Gasteiger partial charge in [0.05, 0.1) is 16.0 Å². The van der Waals surface area contributed by atoms with Crippen LogP contribution in [0.1, 0.15) is 33.6 Å². The van der Waals surface area contributed by atoms with Gasteiger partial charge in [-0.2, -0.15) is 0 Å². The van der Waals surface area contributed by atoms with Crippen LogP contribution in [0.4, 0.5) is 5.69 Å². The molecule has 2 N–H and O–H groups in total. The number of hydrogen-bond donors (Lipinski definition) is 1. The Morgan fingerprint density at radius 3 is 2.22 bits per heavy atom. The first-order chi connectivity index (χ1) is 10.5. The van der Waals surface area contributed by atoms with Gasteiger partial charge in [0.1, 0.15) is 0 Å². The average molecular weight is 336 g/mol. The van der Waals surface area contributed by atoms with Gasteiger partial charge in [-0.1, -0.05) is 20.8 Å². The summed E-state index contributed by atoms with van der Waals surface area (Å²) in [6, 6.07) is 5.54. The van der Waals surface area contributed by atoms with E-state index in [9.17, 15) is 18.0 Å². The minimum absolute atomic E-state index is 0.0485. The Balaban J connectivity index is 2.05. The Labute approximate surface area is 135 Å². The summed E-state index contributed by atoms with van der Waals surface area (Å²) in [5.41, 5.74) is -0.580. The highest BCUT2D eigenvalue weighted by molar-refractivity contribution is 7.89. The maximum atomic E-state index is 13.0. The molecule has 1 saturated carbocycles. The molecule has 0 spiro atoms. The van der Waals surface area contributed by atoms with Crippen LogP contribution >= 0.6 is 0 Å². The molecular weight excluding hydrogens is 316 g/mol. The van der Waals surface area contributed by atoms with Crippen molar-refractivity contribution >= 4 is 27.5 Å². The molecule has 1 aliphatic carbocycles. The molecule has 2 fully saturated rings. The molecule has 124 valence electrons. The van der Waals surface area contributed by atoms with Gasteiger partial charge in [0.15, 0.2) is 0 Å². The zero-order valence-corrected chi connectivity index (χ0v) is 14.2. The second-order valence-corrected chi connectivity index (χ2v) is 8.72. The van der Waals surface area contributed by atoms with Gasteiger partial charge in [-0.05, 0) is 42.5 Å². The summed E-state index contributed by atoms with van der Waals surface area (Å²) in [7, 11) is -3.81. The summed E-state index contributed by atoms with van der Waals surface area (Å²) >= 11 is 0. The van der Waals surface area contributed by atoms with Crippen molar-refractivity contribution in [3.8, 4) is 0 Å². The molecule has 23 heavy (non-hydrogen) atoms. The van der Waals surface area contributed by atoms with Gasteiger partial charge in [0.2, 0.25) is 21.8 Å². The molecule has 2 amide bonds. The molecule has 0 unspecified atom stereocenters. The van der Waals surface area contributed by atoms with E-state index in [0.29, 0.717) is 18.5 Å². The van der Waals surface area contributed by atoms with Gasteiger partial charge in [-0.3, -0.25) is 9.59 Å². The van der Waals surface area contributed by atoms with E-state index in [1.807, 2.05) is 20.8 Å². The summed E-state index contributed by atoms with van der Waals surface area (Å²) in [5.74, 6) is -0.633. The number of piperidine rings is 1. The number of nitrogens with two attached hydrogens (primary N) is 1. The quantitative estimate of drug-likeness (QED) is 0.830. The summed E-state index contributed by atoms with van der Waals surface area (Å²) in [4.78, 5) is 26.9. The highest BCUT2D eigenvalue weighted by Crippen LogP contribution is 2.60. The summed E-state index contributed by atoms with van der Waals surface area (Å²) in [5, 5.41) is 5.08. The number of nitrogens with zero attached hydrogens (tertiary/aromatic N) is 1. The van der Waals surface area contributed by atoms with Crippen LogP contribution in [0.25, 0.3) is 0 Å². The van der Waals surface area contributed by atoms with Crippen LogP contribution in [0.2, 0.25) is 0 Å². The van der Waals surface area contributed by atoms with Crippen LogP contribution < -0.4 is 10.0 Å². The standard InChI is InChI=1S/C16H20N2O4S/c1-15(2)12-8-9-16(15,3)14(20)18(13(12)19)10-4-6-11(7-5-10)23(17,21)22/h4-7,12H,8-9H2,1-3H3,(H2,17,21,22)/t12-,16+/m1/s1. The lowest BCUT2D eigenvalue weighted by molar-refractivity contribution is -0.146. The van der Waals surface area contributed by atoms with E-state index in [2.05, 4.69) is 0 Å². The zero-order chi connectivity index (χ0) is 17.2. The Morgan fingerprint density at radius 1 is 1.13 bits per heavy atom. The second kappa shape index (κ2) is 4.64. The predicted octanol–water partition coefficient (Wildman–Crippen LogP) is 1.65. The molecule has 7 heteroatoms. The normalized spacial score (nSPS) is 29.9. The fourth-order valence-electron chi connectivity index (χ4n) is 3.85. The largest absolute Gasteiger partial charge is 0.274 e. The number of carbonyl (C=O) groups is 2. The maximum absolute atomic E-state index is 13.0. The Hall–Kier alpha value is -1.73. The molecular formula is C16H20N2O4S. The zero-order valence-electron chi connectivity index (χ0n) is 13.4. The summed E-state index contributed by atoms with van der Waals surface area (Å²) < 4.78 is 22.7. The number of primary sulfonamides is 1.